The summed E-state index contributed by atoms with van der Waals surface area (Å²) in [6.45, 7) is 2.05. The highest BCUT2D eigenvalue weighted by Crippen LogP contribution is 2.27. The van der Waals surface area contributed by atoms with Crippen molar-refractivity contribution in [2.45, 2.75) is 25.8 Å². The van der Waals surface area contributed by atoms with Crippen molar-refractivity contribution < 1.29 is 14.3 Å². The lowest BCUT2D eigenvalue weighted by Crippen LogP contribution is -2.28. The fraction of sp³-hybridized carbons (Fsp3) is 0.444. The number of hydrogen-bond acceptors (Lipinski definition) is 5. The first kappa shape index (κ1) is 16.9. The van der Waals surface area contributed by atoms with Crippen LogP contribution in [-0.4, -0.2) is 31.2 Å². The van der Waals surface area contributed by atoms with Crippen LogP contribution in [-0.2, 0) is 16.1 Å². The summed E-state index contributed by atoms with van der Waals surface area (Å²) in [6.07, 6.45) is 4.50. The van der Waals surface area contributed by atoms with Crippen LogP contribution in [0.15, 0.2) is 30.5 Å². The van der Waals surface area contributed by atoms with Crippen molar-refractivity contribution >= 4 is 17.2 Å². The Kier molecular flexibility index (Phi) is 5.82. The quantitative estimate of drug-likeness (QED) is 0.872. The number of carbonyl (C=O) groups excluding carboxylic acids is 1. The molecule has 1 aromatic carbocycles. The standard InChI is InChI=1S/C18H22N2O3S/c1-22-15-6-2-5-14(9-15)18-20-11-16(24-18)10-19-17(21)8-13-4-3-7-23-12-13/h2,5-6,9,11,13H,3-4,7-8,10,12H2,1H3,(H,19,21)/t13-/m1/s1. The van der Waals surface area contributed by atoms with Gasteiger partial charge in [-0.25, -0.2) is 4.98 Å². The monoisotopic (exact) mass is 346 g/mol. The van der Waals surface area contributed by atoms with E-state index >= 15 is 0 Å². The minimum absolute atomic E-state index is 0.0850. The summed E-state index contributed by atoms with van der Waals surface area (Å²) in [5.41, 5.74) is 1.02. The third kappa shape index (κ3) is 4.55. The van der Waals surface area contributed by atoms with E-state index in [9.17, 15) is 4.79 Å². The molecule has 1 aliphatic heterocycles. The third-order valence-electron chi connectivity index (χ3n) is 4.06. The molecule has 1 amide bonds. The van der Waals surface area contributed by atoms with Crippen molar-refractivity contribution in [2.75, 3.05) is 20.3 Å². The normalized spacial score (nSPS) is 17.5. The van der Waals surface area contributed by atoms with Gasteiger partial charge in [-0.05, 0) is 30.9 Å². The molecule has 0 bridgehead atoms. The largest absolute Gasteiger partial charge is 0.497 e. The number of ether oxygens (including phenoxy) is 2. The van der Waals surface area contributed by atoms with Crippen LogP contribution in [0.3, 0.4) is 0 Å². The van der Waals surface area contributed by atoms with E-state index in [1.807, 2.05) is 30.5 Å². The van der Waals surface area contributed by atoms with Gasteiger partial charge in [-0.1, -0.05) is 12.1 Å². The SMILES string of the molecule is COc1cccc(-c2ncc(CNC(=O)C[C@H]3CCCOC3)s2)c1. The first-order valence-corrected chi connectivity index (χ1v) is 9.00. The highest BCUT2D eigenvalue weighted by atomic mass is 32.1. The molecule has 1 N–H and O–H groups in total. The number of nitrogens with one attached hydrogen (secondary N) is 1. The maximum Gasteiger partial charge on any atom is 0.220 e. The van der Waals surface area contributed by atoms with E-state index in [2.05, 4.69) is 10.3 Å². The Morgan fingerprint density at radius 2 is 2.42 bits per heavy atom. The molecule has 1 atom stereocenters. The smallest absolute Gasteiger partial charge is 0.220 e. The fourth-order valence-corrected chi connectivity index (χ4v) is 3.62. The minimum atomic E-state index is 0.0850. The Morgan fingerprint density at radius 3 is 3.21 bits per heavy atom. The molecule has 6 heteroatoms. The van der Waals surface area contributed by atoms with Gasteiger partial charge in [0.05, 0.1) is 13.7 Å². The van der Waals surface area contributed by atoms with Crippen molar-refractivity contribution in [3.8, 4) is 16.3 Å². The van der Waals surface area contributed by atoms with Crippen LogP contribution in [0.4, 0.5) is 0 Å². The summed E-state index contributed by atoms with van der Waals surface area (Å²) < 4.78 is 10.7. The summed E-state index contributed by atoms with van der Waals surface area (Å²) in [5.74, 6) is 1.25. The molecule has 128 valence electrons. The van der Waals surface area contributed by atoms with Crippen molar-refractivity contribution in [2.24, 2.45) is 5.92 Å². The van der Waals surface area contributed by atoms with E-state index in [0.717, 1.165) is 40.6 Å². The molecule has 0 spiro atoms. The molecule has 0 unspecified atom stereocenters. The van der Waals surface area contributed by atoms with Crippen LogP contribution in [0.1, 0.15) is 24.1 Å². The van der Waals surface area contributed by atoms with Crippen molar-refractivity contribution in [3.05, 3.63) is 35.3 Å². The molecule has 1 fully saturated rings. The lowest BCUT2D eigenvalue weighted by atomic mass is 9.98. The summed E-state index contributed by atoms with van der Waals surface area (Å²) in [5, 5.41) is 3.91. The summed E-state index contributed by atoms with van der Waals surface area (Å²) in [4.78, 5) is 17.5. The Labute approximate surface area is 146 Å². The topological polar surface area (TPSA) is 60.5 Å². The molecule has 2 aromatic rings. The Balaban J connectivity index is 1.53. The number of thiazole rings is 1. The van der Waals surface area contributed by atoms with Gasteiger partial charge in [0.15, 0.2) is 0 Å². The van der Waals surface area contributed by atoms with Crippen LogP contribution in [0.5, 0.6) is 5.75 Å². The number of hydrogen-bond donors (Lipinski definition) is 1. The van der Waals surface area contributed by atoms with Crippen molar-refractivity contribution in [1.29, 1.82) is 0 Å². The molecule has 5 nitrogen and oxygen atoms in total. The number of carbonyl (C=O) groups is 1. The van der Waals surface area contributed by atoms with E-state index in [-0.39, 0.29) is 5.91 Å². The highest BCUT2D eigenvalue weighted by molar-refractivity contribution is 7.15. The number of nitrogens with zero attached hydrogens (tertiary/aromatic N) is 1. The van der Waals surface area contributed by atoms with Gasteiger partial charge in [-0.3, -0.25) is 4.79 Å². The molecule has 1 saturated heterocycles. The van der Waals surface area contributed by atoms with E-state index < -0.39 is 0 Å². The second-order valence-corrected chi connectivity index (χ2v) is 7.04. The van der Waals surface area contributed by atoms with Gasteiger partial charge in [0.2, 0.25) is 5.91 Å². The van der Waals surface area contributed by atoms with Gasteiger partial charge in [0.1, 0.15) is 10.8 Å². The molecule has 0 aliphatic carbocycles. The molecule has 0 radical (unpaired) electrons. The Morgan fingerprint density at radius 1 is 1.50 bits per heavy atom. The van der Waals surface area contributed by atoms with Gasteiger partial charge in [0.25, 0.3) is 0 Å². The highest BCUT2D eigenvalue weighted by Gasteiger charge is 2.17. The number of amides is 1. The van der Waals surface area contributed by atoms with Gasteiger partial charge < -0.3 is 14.8 Å². The predicted molar refractivity (Wildman–Crippen MR) is 94.1 cm³/mol. The molecule has 0 saturated carbocycles. The number of benzene rings is 1. The van der Waals surface area contributed by atoms with E-state index in [1.165, 1.54) is 0 Å². The zero-order chi connectivity index (χ0) is 16.8. The minimum Gasteiger partial charge on any atom is -0.497 e. The van der Waals surface area contributed by atoms with Crippen LogP contribution in [0.2, 0.25) is 0 Å². The first-order chi connectivity index (χ1) is 11.7. The summed E-state index contributed by atoms with van der Waals surface area (Å²) in [7, 11) is 1.65. The zero-order valence-electron chi connectivity index (χ0n) is 13.8. The molecule has 24 heavy (non-hydrogen) atoms. The first-order valence-electron chi connectivity index (χ1n) is 8.18. The lowest BCUT2D eigenvalue weighted by molar-refractivity contribution is -0.123. The molecule has 1 aliphatic rings. The van der Waals surface area contributed by atoms with Crippen LogP contribution in [0.25, 0.3) is 10.6 Å². The van der Waals surface area contributed by atoms with Gasteiger partial charge >= 0.3 is 0 Å². The van der Waals surface area contributed by atoms with Crippen LogP contribution in [0, 0.1) is 5.92 Å². The third-order valence-corrected chi connectivity index (χ3v) is 5.11. The summed E-state index contributed by atoms with van der Waals surface area (Å²) >= 11 is 1.59. The van der Waals surface area contributed by atoms with Crippen molar-refractivity contribution in [1.82, 2.24) is 10.3 Å². The predicted octanol–water partition coefficient (Wildman–Crippen LogP) is 3.25. The zero-order valence-corrected chi connectivity index (χ0v) is 14.6. The number of rotatable bonds is 6. The second-order valence-electron chi connectivity index (χ2n) is 5.93. The van der Waals surface area contributed by atoms with Crippen LogP contribution < -0.4 is 10.1 Å². The van der Waals surface area contributed by atoms with E-state index in [4.69, 9.17) is 9.47 Å². The van der Waals surface area contributed by atoms with Crippen molar-refractivity contribution in [3.63, 3.8) is 0 Å². The van der Waals surface area contributed by atoms with Gasteiger partial charge in [-0.15, -0.1) is 11.3 Å². The summed E-state index contributed by atoms with van der Waals surface area (Å²) in [6, 6.07) is 7.83. The lowest BCUT2D eigenvalue weighted by Gasteiger charge is -2.21. The molecule has 3 rings (SSSR count). The molecule has 2 heterocycles. The van der Waals surface area contributed by atoms with Gasteiger partial charge in [-0.2, -0.15) is 0 Å². The average molecular weight is 346 g/mol. The van der Waals surface area contributed by atoms with E-state index in [1.54, 1.807) is 18.4 Å². The number of aromatic nitrogens is 1. The maximum atomic E-state index is 12.0. The fourth-order valence-electron chi connectivity index (χ4n) is 2.77. The average Bonchev–Trinajstić information content (AvgIpc) is 3.10. The molecular weight excluding hydrogens is 324 g/mol. The Hall–Kier alpha value is -1.92. The van der Waals surface area contributed by atoms with Gasteiger partial charge in [0, 0.05) is 36.3 Å². The molecular formula is C18H22N2O3S. The van der Waals surface area contributed by atoms with Crippen LogP contribution >= 0.6 is 11.3 Å². The molecule has 1 aromatic heterocycles. The maximum absolute atomic E-state index is 12.0. The second kappa shape index (κ2) is 8.26. The number of methoxy groups -OCH3 is 1. The van der Waals surface area contributed by atoms with E-state index in [0.29, 0.717) is 25.5 Å². The Bertz CT molecular complexity index is 680.